The quantitative estimate of drug-likeness (QED) is 0.557. The Morgan fingerprint density at radius 3 is 2.52 bits per heavy atom. The summed E-state index contributed by atoms with van der Waals surface area (Å²) in [5, 5.41) is 18.0. The van der Waals surface area contributed by atoms with Crippen LogP contribution < -0.4 is 0 Å². The van der Waals surface area contributed by atoms with Crippen molar-refractivity contribution in [3.05, 3.63) is 53.0 Å². The fourth-order valence-corrected chi connectivity index (χ4v) is 3.50. The number of amides is 1. The Morgan fingerprint density at radius 1 is 1.24 bits per heavy atom. The van der Waals surface area contributed by atoms with Crippen molar-refractivity contribution in [1.82, 2.24) is 4.90 Å². The molecule has 1 amide bonds. The highest BCUT2D eigenvalue weighted by Crippen LogP contribution is 2.33. The number of carboxylic acid groups (broad SMARTS) is 2. The van der Waals surface area contributed by atoms with E-state index in [1.54, 1.807) is 12.2 Å². The first kappa shape index (κ1) is 18.9. The number of rotatable bonds is 7. The fourth-order valence-electron chi connectivity index (χ4n) is 2.20. The van der Waals surface area contributed by atoms with Gasteiger partial charge in [0, 0.05) is 6.42 Å². The monoisotopic (exact) mass is 377 g/mol. The second-order valence-corrected chi connectivity index (χ2v) is 6.81. The maximum Gasteiger partial charge on any atom is 0.326 e. The van der Waals surface area contributed by atoms with Crippen molar-refractivity contribution in [2.45, 2.75) is 18.9 Å². The second kappa shape index (κ2) is 8.59. The summed E-state index contributed by atoms with van der Waals surface area (Å²) in [6.07, 6.45) is 4.51. The zero-order valence-electron chi connectivity index (χ0n) is 13.0. The molecule has 2 N–H and O–H groups in total. The van der Waals surface area contributed by atoms with Gasteiger partial charge in [-0.1, -0.05) is 66.5 Å². The van der Waals surface area contributed by atoms with Crippen molar-refractivity contribution < 1.29 is 24.6 Å². The van der Waals surface area contributed by atoms with Crippen LogP contribution in [0.5, 0.6) is 0 Å². The van der Waals surface area contributed by atoms with Crippen molar-refractivity contribution >= 4 is 52.2 Å². The Labute approximate surface area is 153 Å². The number of thioether (sulfide) groups is 1. The number of carbonyl (C=O) groups excluding carboxylic acids is 1. The van der Waals surface area contributed by atoms with E-state index in [1.165, 1.54) is 0 Å². The van der Waals surface area contributed by atoms with E-state index in [2.05, 4.69) is 0 Å². The van der Waals surface area contributed by atoms with Crippen LogP contribution in [0.1, 0.15) is 18.4 Å². The molecular formula is C17H15NO5S2. The van der Waals surface area contributed by atoms with E-state index in [0.29, 0.717) is 4.91 Å². The summed E-state index contributed by atoms with van der Waals surface area (Å²) < 4.78 is 0.113. The molecule has 1 aromatic carbocycles. The number of hydrogen-bond acceptors (Lipinski definition) is 5. The van der Waals surface area contributed by atoms with Crippen molar-refractivity contribution in [2.75, 3.05) is 0 Å². The standard InChI is InChI=1S/C17H15NO5S2/c19-14(20)10-9-12(16(22)23)18-15(21)13(25-17(18)24)8-4-7-11-5-2-1-3-6-11/h1-8,12H,9-10H2,(H,19,20)(H,22,23)/b7-4+,13-8-/t12-/m0/s1. The van der Waals surface area contributed by atoms with E-state index in [9.17, 15) is 19.5 Å². The summed E-state index contributed by atoms with van der Waals surface area (Å²) in [6, 6.07) is 8.20. The molecular weight excluding hydrogens is 362 g/mol. The minimum absolute atomic E-state index is 0.113. The predicted molar refractivity (Wildman–Crippen MR) is 98.9 cm³/mol. The van der Waals surface area contributed by atoms with Crippen LogP contribution in [0, 0.1) is 0 Å². The molecule has 1 aromatic rings. The van der Waals surface area contributed by atoms with Gasteiger partial charge in [0.05, 0.1) is 4.91 Å². The molecule has 0 saturated carbocycles. The molecule has 0 unspecified atom stereocenters. The van der Waals surface area contributed by atoms with E-state index in [4.69, 9.17) is 17.3 Å². The molecule has 1 aliphatic rings. The molecule has 1 fully saturated rings. The van der Waals surface area contributed by atoms with Crippen LogP contribution in [0.3, 0.4) is 0 Å². The maximum atomic E-state index is 12.5. The minimum atomic E-state index is -1.28. The van der Waals surface area contributed by atoms with Crippen LogP contribution >= 0.6 is 24.0 Å². The van der Waals surface area contributed by atoms with Crippen LogP contribution in [0.2, 0.25) is 0 Å². The van der Waals surface area contributed by atoms with Gasteiger partial charge in [0.2, 0.25) is 0 Å². The van der Waals surface area contributed by atoms with Crippen LogP contribution in [-0.4, -0.2) is 43.3 Å². The molecule has 0 bridgehead atoms. The molecule has 0 radical (unpaired) electrons. The molecule has 130 valence electrons. The lowest BCUT2D eigenvalue weighted by Gasteiger charge is -2.22. The average Bonchev–Trinajstić information content (AvgIpc) is 2.83. The number of thiocarbonyl (C=S) groups is 1. The Bertz CT molecular complexity index is 758. The Hall–Kier alpha value is -2.45. The molecule has 1 heterocycles. The molecule has 1 saturated heterocycles. The summed E-state index contributed by atoms with van der Waals surface area (Å²) in [4.78, 5) is 35.8. The second-order valence-electron chi connectivity index (χ2n) is 5.13. The molecule has 0 aliphatic carbocycles. The van der Waals surface area contributed by atoms with Crippen molar-refractivity contribution in [3.63, 3.8) is 0 Å². The highest BCUT2D eigenvalue weighted by atomic mass is 32.2. The molecule has 0 aromatic heterocycles. The number of nitrogens with zero attached hydrogens (tertiary/aromatic N) is 1. The molecule has 1 aliphatic heterocycles. The molecule has 0 spiro atoms. The van der Waals surface area contributed by atoms with Crippen molar-refractivity contribution in [2.24, 2.45) is 0 Å². The number of hydrogen-bond donors (Lipinski definition) is 2. The molecule has 1 atom stereocenters. The van der Waals surface area contributed by atoms with Gasteiger partial charge in [-0.2, -0.15) is 0 Å². The summed E-state index contributed by atoms with van der Waals surface area (Å²) >= 11 is 6.11. The van der Waals surface area contributed by atoms with E-state index >= 15 is 0 Å². The van der Waals surface area contributed by atoms with Gasteiger partial charge in [-0.15, -0.1) is 0 Å². The van der Waals surface area contributed by atoms with Crippen LogP contribution in [0.4, 0.5) is 0 Å². The first-order valence-electron chi connectivity index (χ1n) is 7.33. The zero-order chi connectivity index (χ0) is 18.4. The van der Waals surface area contributed by atoms with Gasteiger partial charge >= 0.3 is 11.9 Å². The van der Waals surface area contributed by atoms with Gasteiger partial charge in [0.1, 0.15) is 10.4 Å². The van der Waals surface area contributed by atoms with Crippen molar-refractivity contribution in [1.29, 1.82) is 0 Å². The largest absolute Gasteiger partial charge is 0.481 e. The number of carbonyl (C=O) groups is 3. The van der Waals surface area contributed by atoms with Crippen LogP contribution in [0.15, 0.2) is 47.4 Å². The minimum Gasteiger partial charge on any atom is -0.481 e. The van der Waals surface area contributed by atoms with E-state index in [0.717, 1.165) is 22.2 Å². The topological polar surface area (TPSA) is 94.9 Å². The number of carboxylic acids is 2. The third kappa shape index (κ3) is 5.01. The lowest BCUT2D eigenvalue weighted by molar-refractivity contribution is -0.146. The van der Waals surface area contributed by atoms with Gasteiger partial charge in [0.15, 0.2) is 0 Å². The maximum absolute atomic E-state index is 12.5. The van der Waals surface area contributed by atoms with Gasteiger partial charge in [-0.25, -0.2) is 4.79 Å². The summed E-state index contributed by atoms with van der Waals surface area (Å²) in [5.74, 6) is -2.93. The van der Waals surface area contributed by atoms with Crippen LogP contribution in [-0.2, 0) is 14.4 Å². The zero-order valence-corrected chi connectivity index (χ0v) is 14.6. The Balaban J connectivity index is 2.14. The molecule has 2 rings (SSSR count). The van der Waals surface area contributed by atoms with E-state index in [-0.39, 0.29) is 17.2 Å². The number of aliphatic carboxylic acids is 2. The SMILES string of the molecule is O=C(O)CC[C@@H](C(=O)O)N1C(=O)/C(=C/C=C/c2ccccc2)SC1=S. The van der Waals surface area contributed by atoms with Gasteiger partial charge in [-0.3, -0.25) is 14.5 Å². The lowest BCUT2D eigenvalue weighted by Crippen LogP contribution is -2.44. The number of allylic oxidation sites excluding steroid dienone is 2. The van der Waals surface area contributed by atoms with Gasteiger partial charge in [-0.05, 0) is 18.1 Å². The highest BCUT2D eigenvalue weighted by molar-refractivity contribution is 8.26. The van der Waals surface area contributed by atoms with Crippen molar-refractivity contribution in [3.8, 4) is 0 Å². The molecule has 25 heavy (non-hydrogen) atoms. The average molecular weight is 377 g/mol. The van der Waals surface area contributed by atoms with E-state index in [1.807, 2.05) is 36.4 Å². The normalized spacial score (nSPS) is 17.4. The van der Waals surface area contributed by atoms with Crippen LogP contribution in [0.25, 0.3) is 6.08 Å². The summed E-state index contributed by atoms with van der Waals surface area (Å²) in [7, 11) is 0. The third-order valence-electron chi connectivity index (χ3n) is 3.39. The first-order chi connectivity index (χ1) is 11.9. The van der Waals surface area contributed by atoms with E-state index < -0.39 is 23.9 Å². The first-order valence-corrected chi connectivity index (χ1v) is 8.56. The molecule has 8 heteroatoms. The van der Waals surface area contributed by atoms with Gasteiger partial charge in [0.25, 0.3) is 5.91 Å². The highest BCUT2D eigenvalue weighted by Gasteiger charge is 2.40. The number of benzene rings is 1. The fraction of sp³-hybridized carbons (Fsp3) is 0.176. The molecule has 6 nitrogen and oxygen atoms in total. The predicted octanol–water partition coefficient (Wildman–Crippen LogP) is 2.76. The third-order valence-corrected chi connectivity index (χ3v) is 4.74. The smallest absolute Gasteiger partial charge is 0.326 e. The summed E-state index contributed by atoms with van der Waals surface area (Å²) in [6.45, 7) is 0. The Morgan fingerprint density at radius 2 is 1.92 bits per heavy atom. The lowest BCUT2D eigenvalue weighted by atomic mass is 10.1. The summed E-state index contributed by atoms with van der Waals surface area (Å²) in [5.41, 5.74) is 0.957. The van der Waals surface area contributed by atoms with Gasteiger partial charge < -0.3 is 10.2 Å². The Kier molecular flexibility index (Phi) is 6.49.